The Morgan fingerprint density at radius 3 is 2.87 bits per heavy atom. The molecule has 2 aromatic rings. The van der Waals surface area contributed by atoms with E-state index in [0.29, 0.717) is 5.56 Å². The number of carbonyl (C=O) groups is 1. The Bertz CT molecular complexity index is 500. The van der Waals surface area contributed by atoms with Crippen molar-refractivity contribution >= 4 is 17.2 Å². The number of aryl methyl sites for hydroxylation is 1. The SMILES string of the molecule is CCc1ccc(OC)c2c(C=O)c[nH]c12. The Labute approximate surface area is 88.1 Å². The first kappa shape index (κ1) is 9.77. The number of methoxy groups -OCH3 is 1. The van der Waals surface area contributed by atoms with Crippen molar-refractivity contribution in [2.45, 2.75) is 13.3 Å². The zero-order chi connectivity index (χ0) is 10.8. The van der Waals surface area contributed by atoms with Gasteiger partial charge < -0.3 is 9.72 Å². The van der Waals surface area contributed by atoms with Crippen LogP contribution in [0.25, 0.3) is 10.9 Å². The summed E-state index contributed by atoms with van der Waals surface area (Å²) < 4.78 is 5.25. The second kappa shape index (κ2) is 3.77. The lowest BCUT2D eigenvalue weighted by Crippen LogP contribution is -1.89. The number of hydrogen-bond donors (Lipinski definition) is 1. The molecule has 0 saturated carbocycles. The van der Waals surface area contributed by atoms with Crippen molar-refractivity contribution in [3.05, 3.63) is 29.5 Å². The second-order valence-corrected chi connectivity index (χ2v) is 3.39. The van der Waals surface area contributed by atoms with Crippen LogP contribution < -0.4 is 4.74 Å². The number of hydrogen-bond acceptors (Lipinski definition) is 2. The van der Waals surface area contributed by atoms with Crippen LogP contribution in [0.4, 0.5) is 0 Å². The van der Waals surface area contributed by atoms with E-state index in [1.54, 1.807) is 13.3 Å². The minimum atomic E-state index is 0.650. The number of aromatic nitrogens is 1. The number of ether oxygens (including phenoxy) is 1. The van der Waals surface area contributed by atoms with Gasteiger partial charge in [-0.3, -0.25) is 4.79 Å². The zero-order valence-electron chi connectivity index (χ0n) is 8.83. The van der Waals surface area contributed by atoms with Gasteiger partial charge in [-0.05, 0) is 18.1 Å². The molecule has 1 N–H and O–H groups in total. The molecule has 0 spiro atoms. The molecule has 0 atom stereocenters. The molecule has 0 bridgehead atoms. The summed E-state index contributed by atoms with van der Waals surface area (Å²) in [5.41, 5.74) is 2.84. The standard InChI is InChI=1S/C12H13NO2/c1-3-8-4-5-10(15-2)11-9(7-14)6-13-12(8)11/h4-7,13H,3H2,1-2H3. The van der Waals surface area contributed by atoms with Crippen LogP contribution in [0.3, 0.4) is 0 Å². The maximum Gasteiger partial charge on any atom is 0.152 e. The fraction of sp³-hybridized carbons (Fsp3) is 0.250. The Morgan fingerprint density at radius 2 is 2.27 bits per heavy atom. The molecule has 0 aliphatic rings. The fourth-order valence-corrected chi connectivity index (χ4v) is 1.86. The molecule has 1 heterocycles. The van der Waals surface area contributed by atoms with E-state index in [1.165, 1.54) is 5.56 Å². The molecule has 0 radical (unpaired) electrons. The first-order valence-electron chi connectivity index (χ1n) is 4.94. The molecule has 0 saturated heterocycles. The molecule has 1 aromatic heterocycles. The van der Waals surface area contributed by atoms with Crippen molar-refractivity contribution in [2.24, 2.45) is 0 Å². The van der Waals surface area contributed by atoms with E-state index in [9.17, 15) is 4.79 Å². The third-order valence-corrected chi connectivity index (χ3v) is 2.64. The van der Waals surface area contributed by atoms with E-state index in [2.05, 4.69) is 11.9 Å². The Morgan fingerprint density at radius 1 is 1.47 bits per heavy atom. The van der Waals surface area contributed by atoms with E-state index in [-0.39, 0.29) is 0 Å². The average molecular weight is 203 g/mol. The minimum Gasteiger partial charge on any atom is -0.496 e. The highest BCUT2D eigenvalue weighted by atomic mass is 16.5. The van der Waals surface area contributed by atoms with Crippen LogP contribution in [0, 0.1) is 0 Å². The topological polar surface area (TPSA) is 42.1 Å². The average Bonchev–Trinajstić information content (AvgIpc) is 2.71. The number of H-pyrrole nitrogens is 1. The molecule has 0 amide bonds. The quantitative estimate of drug-likeness (QED) is 0.779. The van der Waals surface area contributed by atoms with E-state index < -0.39 is 0 Å². The summed E-state index contributed by atoms with van der Waals surface area (Å²) in [5, 5.41) is 0.881. The summed E-state index contributed by atoms with van der Waals surface area (Å²) in [7, 11) is 1.61. The molecular weight excluding hydrogens is 190 g/mol. The van der Waals surface area contributed by atoms with Crippen molar-refractivity contribution in [1.82, 2.24) is 4.98 Å². The van der Waals surface area contributed by atoms with Crippen LogP contribution in [0.1, 0.15) is 22.8 Å². The Balaban J connectivity index is 2.82. The van der Waals surface area contributed by atoms with Gasteiger partial charge in [-0.1, -0.05) is 13.0 Å². The minimum absolute atomic E-state index is 0.650. The summed E-state index contributed by atoms with van der Waals surface area (Å²) in [6, 6.07) is 3.92. The predicted octanol–water partition coefficient (Wildman–Crippen LogP) is 2.55. The van der Waals surface area contributed by atoms with Crippen molar-refractivity contribution in [1.29, 1.82) is 0 Å². The summed E-state index contributed by atoms with van der Waals surface area (Å²) >= 11 is 0. The van der Waals surface area contributed by atoms with Gasteiger partial charge in [0, 0.05) is 11.8 Å². The van der Waals surface area contributed by atoms with Gasteiger partial charge in [0.1, 0.15) is 5.75 Å². The van der Waals surface area contributed by atoms with E-state index in [4.69, 9.17) is 4.74 Å². The van der Waals surface area contributed by atoms with Crippen LogP contribution >= 0.6 is 0 Å². The third-order valence-electron chi connectivity index (χ3n) is 2.64. The molecule has 0 unspecified atom stereocenters. The molecule has 0 aliphatic carbocycles. The fourth-order valence-electron chi connectivity index (χ4n) is 1.86. The van der Waals surface area contributed by atoms with Gasteiger partial charge in [-0.25, -0.2) is 0 Å². The van der Waals surface area contributed by atoms with E-state index in [0.717, 1.165) is 29.4 Å². The van der Waals surface area contributed by atoms with Crippen LogP contribution in [0.5, 0.6) is 5.75 Å². The third kappa shape index (κ3) is 1.40. The highest BCUT2D eigenvalue weighted by Crippen LogP contribution is 2.30. The van der Waals surface area contributed by atoms with E-state index >= 15 is 0 Å². The first-order chi connectivity index (χ1) is 7.31. The maximum absolute atomic E-state index is 10.9. The number of aromatic amines is 1. The Kier molecular flexibility index (Phi) is 2.46. The number of aldehydes is 1. The lowest BCUT2D eigenvalue weighted by Gasteiger charge is -2.05. The number of benzene rings is 1. The van der Waals surface area contributed by atoms with Gasteiger partial charge in [-0.15, -0.1) is 0 Å². The summed E-state index contributed by atoms with van der Waals surface area (Å²) in [6.07, 6.45) is 3.50. The van der Waals surface area contributed by atoms with Crippen molar-refractivity contribution in [3.63, 3.8) is 0 Å². The molecule has 3 nitrogen and oxygen atoms in total. The molecule has 3 heteroatoms. The van der Waals surface area contributed by atoms with Gasteiger partial charge in [0.05, 0.1) is 18.0 Å². The lowest BCUT2D eigenvalue weighted by molar-refractivity contribution is 0.112. The highest BCUT2D eigenvalue weighted by Gasteiger charge is 2.11. The van der Waals surface area contributed by atoms with Crippen molar-refractivity contribution in [3.8, 4) is 5.75 Å². The normalized spacial score (nSPS) is 10.5. The number of carbonyl (C=O) groups excluding carboxylic acids is 1. The van der Waals surface area contributed by atoms with Gasteiger partial charge in [0.15, 0.2) is 6.29 Å². The van der Waals surface area contributed by atoms with Gasteiger partial charge >= 0.3 is 0 Å². The lowest BCUT2D eigenvalue weighted by atomic mass is 10.1. The highest BCUT2D eigenvalue weighted by molar-refractivity contribution is 6.02. The molecule has 78 valence electrons. The molecule has 15 heavy (non-hydrogen) atoms. The molecular formula is C12H13NO2. The summed E-state index contributed by atoms with van der Waals surface area (Å²) in [5.74, 6) is 0.741. The summed E-state index contributed by atoms with van der Waals surface area (Å²) in [4.78, 5) is 14.0. The first-order valence-corrected chi connectivity index (χ1v) is 4.94. The largest absolute Gasteiger partial charge is 0.496 e. The monoisotopic (exact) mass is 203 g/mol. The predicted molar refractivity (Wildman–Crippen MR) is 59.6 cm³/mol. The molecule has 2 rings (SSSR count). The molecule has 1 aromatic carbocycles. The number of fused-ring (bicyclic) bond motifs is 1. The zero-order valence-corrected chi connectivity index (χ0v) is 8.83. The Hall–Kier alpha value is -1.77. The van der Waals surface area contributed by atoms with Crippen LogP contribution in [0.15, 0.2) is 18.3 Å². The van der Waals surface area contributed by atoms with Crippen molar-refractivity contribution < 1.29 is 9.53 Å². The smallest absolute Gasteiger partial charge is 0.152 e. The van der Waals surface area contributed by atoms with Crippen molar-refractivity contribution in [2.75, 3.05) is 7.11 Å². The van der Waals surface area contributed by atoms with Gasteiger partial charge in [0.2, 0.25) is 0 Å². The van der Waals surface area contributed by atoms with Crippen LogP contribution in [0.2, 0.25) is 0 Å². The van der Waals surface area contributed by atoms with E-state index in [1.807, 2.05) is 12.1 Å². The molecule has 0 aliphatic heterocycles. The summed E-state index contributed by atoms with van der Waals surface area (Å²) in [6.45, 7) is 2.09. The maximum atomic E-state index is 10.9. The van der Waals surface area contributed by atoms with Gasteiger partial charge in [0.25, 0.3) is 0 Å². The number of nitrogens with one attached hydrogen (secondary N) is 1. The van der Waals surface area contributed by atoms with Gasteiger partial charge in [-0.2, -0.15) is 0 Å². The second-order valence-electron chi connectivity index (χ2n) is 3.39. The van der Waals surface area contributed by atoms with Crippen LogP contribution in [-0.4, -0.2) is 18.4 Å². The van der Waals surface area contributed by atoms with Crippen LogP contribution in [-0.2, 0) is 6.42 Å². The number of rotatable bonds is 3. The molecule has 0 fully saturated rings.